The molecular weight excluding hydrogens is 239 g/mol. The Morgan fingerprint density at radius 1 is 1.56 bits per heavy atom. The van der Waals surface area contributed by atoms with Crippen molar-refractivity contribution in [2.75, 3.05) is 0 Å². The van der Waals surface area contributed by atoms with Crippen molar-refractivity contribution in [3.63, 3.8) is 0 Å². The molecule has 0 aliphatic carbocycles. The van der Waals surface area contributed by atoms with Crippen LogP contribution in [0.1, 0.15) is 21.8 Å². The monoisotopic (exact) mass is 250 g/mol. The zero-order valence-electron chi connectivity index (χ0n) is 9.61. The van der Waals surface area contributed by atoms with E-state index >= 15 is 0 Å². The Morgan fingerprint density at radius 3 is 2.94 bits per heavy atom. The number of amides is 1. The molecule has 2 aromatic rings. The number of aryl methyl sites for hydroxylation is 1. The van der Waals surface area contributed by atoms with Crippen LogP contribution in [-0.4, -0.2) is 16.2 Å². The SMILES string of the molecule is Cc1cc(CNC(=O)c2c(O)cccc2F)on1. The fourth-order valence-electron chi connectivity index (χ4n) is 1.49. The Morgan fingerprint density at radius 2 is 2.33 bits per heavy atom. The Hall–Kier alpha value is -2.37. The third-order valence-electron chi connectivity index (χ3n) is 2.32. The largest absolute Gasteiger partial charge is 0.507 e. The van der Waals surface area contributed by atoms with E-state index in [2.05, 4.69) is 10.5 Å². The summed E-state index contributed by atoms with van der Waals surface area (Å²) < 4.78 is 18.3. The molecule has 1 aromatic carbocycles. The second kappa shape index (κ2) is 4.87. The van der Waals surface area contributed by atoms with Gasteiger partial charge >= 0.3 is 0 Å². The first-order valence-corrected chi connectivity index (χ1v) is 5.26. The lowest BCUT2D eigenvalue weighted by atomic mass is 10.1. The topological polar surface area (TPSA) is 75.4 Å². The van der Waals surface area contributed by atoms with Crippen LogP contribution in [0.4, 0.5) is 4.39 Å². The predicted molar refractivity (Wildman–Crippen MR) is 60.5 cm³/mol. The number of rotatable bonds is 3. The van der Waals surface area contributed by atoms with Crippen LogP contribution in [0.25, 0.3) is 0 Å². The normalized spacial score (nSPS) is 10.3. The molecule has 0 aliphatic heterocycles. The number of hydrogen-bond acceptors (Lipinski definition) is 4. The molecule has 1 amide bonds. The van der Waals surface area contributed by atoms with Crippen molar-refractivity contribution < 1.29 is 18.8 Å². The van der Waals surface area contributed by atoms with E-state index in [1.54, 1.807) is 13.0 Å². The maximum Gasteiger partial charge on any atom is 0.258 e. The average molecular weight is 250 g/mol. The van der Waals surface area contributed by atoms with Crippen LogP contribution in [0.15, 0.2) is 28.8 Å². The first-order chi connectivity index (χ1) is 8.58. The number of carbonyl (C=O) groups is 1. The summed E-state index contributed by atoms with van der Waals surface area (Å²) in [4.78, 5) is 11.7. The minimum absolute atomic E-state index is 0.0768. The van der Waals surface area contributed by atoms with Crippen molar-refractivity contribution in [3.8, 4) is 5.75 Å². The molecule has 1 aromatic heterocycles. The van der Waals surface area contributed by atoms with Crippen LogP contribution in [0.5, 0.6) is 5.75 Å². The molecule has 0 saturated carbocycles. The van der Waals surface area contributed by atoms with E-state index in [-0.39, 0.29) is 12.1 Å². The van der Waals surface area contributed by atoms with Crippen LogP contribution >= 0.6 is 0 Å². The Kier molecular flexibility index (Phi) is 3.27. The third-order valence-corrected chi connectivity index (χ3v) is 2.32. The number of carbonyl (C=O) groups excluding carboxylic acids is 1. The molecule has 0 unspecified atom stereocenters. The van der Waals surface area contributed by atoms with Crippen LogP contribution in [-0.2, 0) is 6.54 Å². The van der Waals surface area contributed by atoms with Gasteiger partial charge in [-0.2, -0.15) is 0 Å². The number of benzene rings is 1. The molecule has 0 spiro atoms. The predicted octanol–water partition coefficient (Wildman–Crippen LogP) is 1.76. The average Bonchev–Trinajstić information content (AvgIpc) is 2.72. The highest BCUT2D eigenvalue weighted by Crippen LogP contribution is 2.19. The van der Waals surface area contributed by atoms with E-state index in [0.29, 0.717) is 11.5 Å². The Bertz CT molecular complexity index is 560. The van der Waals surface area contributed by atoms with Crippen LogP contribution in [0.2, 0.25) is 0 Å². The number of phenolic OH excluding ortho intramolecular Hbond substituents is 1. The molecule has 0 saturated heterocycles. The van der Waals surface area contributed by atoms with Gasteiger partial charge in [0.1, 0.15) is 17.1 Å². The van der Waals surface area contributed by atoms with Gasteiger partial charge in [-0.15, -0.1) is 0 Å². The van der Waals surface area contributed by atoms with Gasteiger partial charge in [-0.1, -0.05) is 11.2 Å². The number of aromatic nitrogens is 1. The fourth-order valence-corrected chi connectivity index (χ4v) is 1.49. The summed E-state index contributed by atoms with van der Waals surface area (Å²) in [5, 5.41) is 15.5. The lowest BCUT2D eigenvalue weighted by molar-refractivity contribution is 0.0940. The van der Waals surface area contributed by atoms with Gasteiger partial charge in [0.25, 0.3) is 5.91 Å². The summed E-state index contributed by atoms with van der Waals surface area (Å²) in [6.45, 7) is 1.82. The minimum atomic E-state index is -0.777. The molecule has 94 valence electrons. The van der Waals surface area contributed by atoms with E-state index < -0.39 is 17.5 Å². The summed E-state index contributed by atoms with van der Waals surface area (Å²) in [7, 11) is 0. The molecule has 5 nitrogen and oxygen atoms in total. The molecule has 1 heterocycles. The van der Waals surface area contributed by atoms with Crippen molar-refractivity contribution in [2.45, 2.75) is 13.5 Å². The second-order valence-electron chi connectivity index (χ2n) is 3.75. The summed E-state index contributed by atoms with van der Waals surface area (Å²) in [5.41, 5.74) is 0.307. The number of phenols is 1. The highest BCUT2D eigenvalue weighted by molar-refractivity contribution is 5.96. The smallest absolute Gasteiger partial charge is 0.258 e. The van der Waals surface area contributed by atoms with Gasteiger partial charge in [0.2, 0.25) is 0 Å². The molecular formula is C12H11FN2O3. The number of nitrogens with one attached hydrogen (secondary N) is 1. The minimum Gasteiger partial charge on any atom is -0.507 e. The maximum absolute atomic E-state index is 13.4. The summed E-state index contributed by atoms with van der Waals surface area (Å²) in [5.74, 6) is -1.43. The molecule has 6 heteroatoms. The molecule has 0 bridgehead atoms. The van der Waals surface area contributed by atoms with Gasteiger partial charge in [-0.05, 0) is 19.1 Å². The highest BCUT2D eigenvalue weighted by atomic mass is 19.1. The van der Waals surface area contributed by atoms with Crippen molar-refractivity contribution in [3.05, 3.63) is 47.1 Å². The van der Waals surface area contributed by atoms with Crippen molar-refractivity contribution >= 4 is 5.91 Å². The number of hydrogen-bond donors (Lipinski definition) is 2. The first kappa shape index (κ1) is 12.1. The van der Waals surface area contributed by atoms with E-state index in [1.165, 1.54) is 12.1 Å². The van der Waals surface area contributed by atoms with Gasteiger partial charge in [0.15, 0.2) is 5.76 Å². The van der Waals surface area contributed by atoms with E-state index in [9.17, 15) is 14.3 Å². The molecule has 0 aliphatic rings. The lowest BCUT2D eigenvalue weighted by Gasteiger charge is -2.05. The zero-order chi connectivity index (χ0) is 13.1. The van der Waals surface area contributed by atoms with Crippen molar-refractivity contribution in [1.29, 1.82) is 0 Å². The number of halogens is 1. The maximum atomic E-state index is 13.4. The zero-order valence-corrected chi connectivity index (χ0v) is 9.61. The van der Waals surface area contributed by atoms with Crippen LogP contribution in [0.3, 0.4) is 0 Å². The van der Waals surface area contributed by atoms with Gasteiger partial charge < -0.3 is 14.9 Å². The van der Waals surface area contributed by atoms with Crippen LogP contribution < -0.4 is 5.32 Å². The fraction of sp³-hybridized carbons (Fsp3) is 0.167. The summed E-state index contributed by atoms with van der Waals surface area (Å²) >= 11 is 0. The molecule has 0 radical (unpaired) electrons. The second-order valence-corrected chi connectivity index (χ2v) is 3.75. The molecule has 0 atom stereocenters. The third kappa shape index (κ3) is 2.48. The standard InChI is InChI=1S/C12H11FN2O3/c1-7-5-8(18-15-7)6-14-12(17)11-9(13)3-2-4-10(11)16/h2-5,16H,6H2,1H3,(H,14,17). The van der Waals surface area contributed by atoms with E-state index in [1.807, 2.05) is 0 Å². The van der Waals surface area contributed by atoms with Gasteiger partial charge in [0.05, 0.1) is 12.2 Å². The van der Waals surface area contributed by atoms with Gasteiger partial charge in [-0.3, -0.25) is 4.79 Å². The van der Waals surface area contributed by atoms with Gasteiger partial charge in [0, 0.05) is 6.07 Å². The number of nitrogens with zero attached hydrogens (tertiary/aromatic N) is 1. The molecule has 2 rings (SSSR count). The van der Waals surface area contributed by atoms with E-state index in [0.717, 1.165) is 6.07 Å². The van der Waals surface area contributed by atoms with E-state index in [4.69, 9.17) is 4.52 Å². The quantitative estimate of drug-likeness (QED) is 0.870. The first-order valence-electron chi connectivity index (χ1n) is 5.26. The van der Waals surface area contributed by atoms with Crippen molar-refractivity contribution in [1.82, 2.24) is 10.5 Å². The summed E-state index contributed by atoms with van der Waals surface area (Å²) in [6.07, 6.45) is 0. The Balaban J connectivity index is 2.08. The Labute approximate surface area is 102 Å². The number of aromatic hydroxyl groups is 1. The molecule has 18 heavy (non-hydrogen) atoms. The lowest BCUT2D eigenvalue weighted by Crippen LogP contribution is -2.23. The van der Waals surface area contributed by atoms with Crippen molar-refractivity contribution in [2.24, 2.45) is 0 Å². The van der Waals surface area contributed by atoms with Gasteiger partial charge in [-0.25, -0.2) is 4.39 Å². The molecule has 0 fully saturated rings. The highest BCUT2D eigenvalue weighted by Gasteiger charge is 2.16. The summed E-state index contributed by atoms with van der Waals surface area (Å²) in [6, 6.07) is 5.33. The molecule has 2 N–H and O–H groups in total. The van der Waals surface area contributed by atoms with Crippen LogP contribution in [0, 0.1) is 12.7 Å².